The summed E-state index contributed by atoms with van der Waals surface area (Å²) >= 11 is 3.46. The number of carbonyl (C=O) groups is 1. The van der Waals surface area contributed by atoms with Gasteiger partial charge in [-0.05, 0) is 48.0 Å². The third kappa shape index (κ3) is 6.05. The Morgan fingerprint density at radius 1 is 1.11 bits per heavy atom. The molecule has 0 bridgehead atoms. The minimum atomic E-state index is 0.0906. The fourth-order valence-electron chi connectivity index (χ4n) is 3.41. The van der Waals surface area contributed by atoms with Gasteiger partial charge in [-0.15, -0.1) is 0 Å². The number of amides is 1. The van der Waals surface area contributed by atoms with E-state index in [9.17, 15) is 4.79 Å². The predicted octanol–water partition coefficient (Wildman–Crippen LogP) is 2.32. The SMILES string of the molecule is CN1CCN(CC#CCOC2CCN(C(=O)c3ccccc3Br)CC2)CC1. The molecule has 2 saturated heterocycles. The highest BCUT2D eigenvalue weighted by atomic mass is 79.9. The lowest BCUT2D eigenvalue weighted by molar-refractivity contribution is 0.0230. The summed E-state index contributed by atoms with van der Waals surface area (Å²) in [7, 11) is 2.16. The Balaban J connectivity index is 1.35. The molecular weight excluding hydrogens is 406 g/mol. The van der Waals surface area contributed by atoms with Gasteiger partial charge in [0.05, 0.1) is 18.2 Å². The first-order chi connectivity index (χ1) is 13.1. The van der Waals surface area contributed by atoms with E-state index < -0.39 is 0 Å². The molecular formula is C21H28BrN3O2. The normalized spacial score (nSPS) is 19.6. The van der Waals surface area contributed by atoms with Crippen molar-refractivity contribution >= 4 is 21.8 Å². The van der Waals surface area contributed by atoms with E-state index in [1.807, 2.05) is 29.2 Å². The molecule has 6 heteroatoms. The molecule has 5 nitrogen and oxygen atoms in total. The van der Waals surface area contributed by atoms with E-state index in [0.29, 0.717) is 6.61 Å². The molecule has 0 N–H and O–H groups in total. The zero-order chi connectivity index (χ0) is 19.1. The van der Waals surface area contributed by atoms with Gasteiger partial charge in [0.15, 0.2) is 0 Å². The summed E-state index contributed by atoms with van der Waals surface area (Å²) in [5, 5.41) is 0. The molecule has 1 aromatic carbocycles. The number of likely N-dealkylation sites (N-methyl/N-ethyl adjacent to an activating group) is 1. The van der Waals surface area contributed by atoms with Crippen molar-refractivity contribution in [2.45, 2.75) is 18.9 Å². The van der Waals surface area contributed by atoms with Gasteiger partial charge in [0.2, 0.25) is 0 Å². The molecule has 1 amide bonds. The number of piperidine rings is 1. The molecule has 0 aromatic heterocycles. The summed E-state index contributed by atoms with van der Waals surface area (Å²) in [6.07, 6.45) is 1.94. The maximum Gasteiger partial charge on any atom is 0.255 e. The van der Waals surface area contributed by atoms with Crippen LogP contribution in [0.15, 0.2) is 28.7 Å². The van der Waals surface area contributed by atoms with Crippen molar-refractivity contribution in [2.24, 2.45) is 0 Å². The topological polar surface area (TPSA) is 36.0 Å². The number of piperazine rings is 1. The van der Waals surface area contributed by atoms with Crippen molar-refractivity contribution in [3.05, 3.63) is 34.3 Å². The van der Waals surface area contributed by atoms with Crippen molar-refractivity contribution in [3.8, 4) is 11.8 Å². The number of carbonyl (C=O) groups excluding carboxylic acids is 1. The lowest BCUT2D eigenvalue weighted by Crippen LogP contribution is -2.44. The highest BCUT2D eigenvalue weighted by Gasteiger charge is 2.24. The molecule has 2 aliphatic heterocycles. The monoisotopic (exact) mass is 433 g/mol. The standard InChI is InChI=1S/C21H28BrN3O2/c1-23-13-15-24(16-14-23)10-4-5-17-27-18-8-11-25(12-9-18)21(26)19-6-2-3-7-20(19)22/h2-3,6-7,18H,8-17H2,1H3. The number of rotatable bonds is 4. The average molecular weight is 434 g/mol. The van der Waals surface area contributed by atoms with Crippen LogP contribution in [0.4, 0.5) is 0 Å². The van der Waals surface area contributed by atoms with E-state index >= 15 is 0 Å². The Morgan fingerprint density at radius 2 is 1.81 bits per heavy atom. The minimum Gasteiger partial charge on any atom is -0.365 e. The van der Waals surface area contributed by atoms with Gasteiger partial charge in [0.1, 0.15) is 6.61 Å². The van der Waals surface area contributed by atoms with Crippen molar-refractivity contribution in [1.29, 1.82) is 0 Å². The first-order valence-electron chi connectivity index (χ1n) is 9.65. The Morgan fingerprint density at radius 3 is 2.52 bits per heavy atom. The fourth-order valence-corrected chi connectivity index (χ4v) is 3.87. The van der Waals surface area contributed by atoms with E-state index in [0.717, 1.165) is 68.7 Å². The van der Waals surface area contributed by atoms with Crippen molar-refractivity contribution in [3.63, 3.8) is 0 Å². The summed E-state index contributed by atoms with van der Waals surface area (Å²) in [5.74, 6) is 6.46. The van der Waals surface area contributed by atoms with Crippen molar-refractivity contribution in [2.75, 3.05) is 59.5 Å². The van der Waals surface area contributed by atoms with Crippen LogP contribution in [0, 0.1) is 11.8 Å². The van der Waals surface area contributed by atoms with Gasteiger partial charge in [-0.1, -0.05) is 24.0 Å². The van der Waals surface area contributed by atoms with E-state index in [4.69, 9.17) is 4.74 Å². The van der Waals surface area contributed by atoms with Gasteiger partial charge < -0.3 is 14.5 Å². The summed E-state index contributed by atoms with van der Waals surface area (Å²) in [6, 6.07) is 7.59. The number of halogens is 1. The van der Waals surface area contributed by atoms with Crippen molar-refractivity contribution < 1.29 is 9.53 Å². The van der Waals surface area contributed by atoms with Gasteiger partial charge in [-0.25, -0.2) is 0 Å². The molecule has 0 aliphatic carbocycles. The number of likely N-dealkylation sites (tertiary alicyclic amines) is 1. The number of hydrogen-bond acceptors (Lipinski definition) is 4. The van der Waals surface area contributed by atoms with E-state index in [2.05, 4.69) is 44.6 Å². The second-order valence-electron chi connectivity index (χ2n) is 7.22. The number of nitrogens with zero attached hydrogens (tertiary/aromatic N) is 3. The Labute approximate surface area is 170 Å². The molecule has 0 atom stereocenters. The molecule has 2 fully saturated rings. The van der Waals surface area contributed by atoms with Crippen LogP contribution in [0.3, 0.4) is 0 Å². The number of ether oxygens (including phenoxy) is 1. The fraction of sp³-hybridized carbons (Fsp3) is 0.571. The lowest BCUT2D eigenvalue weighted by Gasteiger charge is -2.32. The van der Waals surface area contributed by atoms with Gasteiger partial charge in [0.25, 0.3) is 5.91 Å². The van der Waals surface area contributed by atoms with Crippen LogP contribution in [-0.4, -0.2) is 86.2 Å². The summed E-state index contributed by atoms with van der Waals surface area (Å²) in [5.41, 5.74) is 0.728. The molecule has 2 heterocycles. The molecule has 2 aliphatic rings. The quantitative estimate of drug-likeness (QED) is 0.682. The van der Waals surface area contributed by atoms with Crippen LogP contribution in [0.25, 0.3) is 0 Å². The van der Waals surface area contributed by atoms with Crippen LogP contribution in [-0.2, 0) is 4.74 Å². The zero-order valence-electron chi connectivity index (χ0n) is 16.0. The van der Waals surface area contributed by atoms with Crippen LogP contribution < -0.4 is 0 Å². The van der Waals surface area contributed by atoms with Crippen LogP contribution in [0.5, 0.6) is 0 Å². The van der Waals surface area contributed by atoms with Crippen LogP contribution in [0.2, 0.25) is 0 Å². The zero-order valence-corrected chi connectivity index (χ0v) is 17.6. The Kier molecular flexibility index (Phi) is 7.71. The molecule has 1 aromatic rings. The molecule has 0 saturated carbocycles. The lowest BCUT2D eigenvalue weighted by atomic mass is 10.1. The summed E-state index contributed by atoms with van der Waals surface area (Å²) < 4.78 is 6.75. The van der Waals surface area contributed by atoms with Gasteiger partial charge in [-0.3, -0.25) is 9.69 Å². The molecule has 146 valence electrons. The van der Waals surface area contributed by atoms with Gasteiger partial charge in [0, 0.05) is 43.7 Å². The molecule has 0 spiro atoms. The van der Waals surface area contributed by atoms with E-state index in [-0.39, 0.29) is 12.0 Å². The van der Waals surface area contributed by atoms with E-state index in [1.54, 1.807) is 0 Å². The highest BCUT2D eigenvalue weighted by Crippen LogP contribution is 2.21. The first kappa shape index (κ1) is 20.3. The maximum atomic E-state index is 12.6. The maximum absolute atomic E-state index is 12.6. The highest BCUT2D eigenvalue weighted by molar-refractivity contribution is 9.10. The van der Waals surface area contributed by atoms with Gasteiger partial charge in [-0.2, -0.15) is 0 Å². The summed E-state index contributed by atoms with van der Waals surface area (Å²) in [4.78, 5) is 19.3. The molecule has 0 unspecified atom stereocenters. The molecule has 0 radical (unpaired) electrons. The van der Waals surface area contributed by atoms with Crippen LogP contribution in [0.1, 0.15) is 23.2 Å². The minimum absolute atomic E-state index is 0.0906. The largest absolute Gasteiger partial charge is 0.365 e. The Bertz CT molecular complexity index is 684. The molecule has 3 rings (SSSR count). The summed E-state index contributed by atoms with van der Waals surface area (Å²) in [6.45, 7) is 7.21. The van der Waals surface area contributed by atoms with Crippen molar-refractivity contribution in [1.82, 2.24) is 14.7 Å². The number of hydrogen-bond donors (Lipinski definition) is 0. The number of benzene rings is 1. The second kappa shape index (κ2) is 10.2. The molecule has 27 heavy (non-hydrogen) atoms. The average Bonchev–Trinajstić information content (AvgIpc) is 2.69. The third-order valence-electron chi connectivity index (χ3n) is 5.25. The van der Waals surface area contributed by atoms with Crippen LogP contribution >= 0.6 is 15.9 Å². The predicted molar refractivity (Wildman–Crippen MR) is 111 cm³/mol. The first-order valence-corrected chi connectivity index (χ1v) is 10.4. The smallest absolute Gasteiger partial charge is 0.255 e. The van der Waals surface area contributed by atoms with E-state index in [1.165, 1.54) is 0 Å². The third-order valence-corrected chi connectivity index (χ3v) is 5.94. The van der Waals surface area contributed by atoms with Gasteiger partial charge >= 0.3 is 0 Å². The Hall–Kier alpha value is -1.39. The second-order valence-corrected chi connectivity index (χ2v) is 8.07.